The molecule has 18 heavy (non-hydrogen) atoms. The van der Waals surface area contributed by atoms with Gasteiger partial charge in [-0.3, -0.25) is 0 Å². The Labute approximate surface area is 103 Å². The number of hydrogen-bond acceptors (Lipinski definition) is 2. The minimum Gasteiger partial charge on any atom is -0.353 e. The second kappa shape index (κ2) is 4.84. The van der Waals surface area contributed by atoms with E-state index < -0.39 is 11.6 Å². The van der Waals surface area contributed by atoms with Crippen LogP contribution in [0.25, 0.3) is 0 Å². The molecule has 0 amide bonds. The first-order valence-corrected chi connectivity index (χ1v) is 5.33. The maximum atomic E-state index is 13.6. The first-order chi connectivity index (χ1) is 8.61. The van der Waals surface area contributed by atoms with E-state index >= 15 is 0 Å². The molecule has 2 aromatic carbocycles. The standard InChI is InChI=1S/C14H10F2N2/c1-9-3-2-4-12(15)14(9)18-11-6-5-10(8-17)13(16)7-11/h2-7,18H,1H3. The SMILES string of the molecule is Cc1cccc(F)c1Nc1ccc(C#N)c(F)c1. The fourth-order valence-corrected chi connectivity index (χ4v) is 1.62. The van der Waals surface area contributed by atoms with Crippen LogP contribution in [0, 0.1) is 29.9 Å². The molecule has 90 valence electrons. The van der Waals surface area contributed by atoms with Crippen LogP contribution in [0.15, 0.2) is 36.4 Å². The van der Waals surface area contributed by atoms with Crippen molar-refractivity contribution in [1.82, 2.24) is 0 Å². The Morgan fingerprint density at radius 2 is 1.89 bits per heavy atom. The van der Waals surface area contributed by atoms with Crippen molar-refractivity contribution in [2.45, 2.75) is 6.92 Å². The van der Waals surface area contributed by atoms with Gasteiger partial charge < -0.3 is 5.32 Å². The van der Waals surface area contributed by atoms with Crippen molar-refractivity contribution in [2.24, 2.45) is 0 Å². The van der Waals surface area contributed by atoms with Gasteiger partial charge in [0.2, 0.25) is 0 Å². The van der Waals surface area contributed by atoms with Gasteiger partial charge in [-0.05, 0) is 36.8 Å². The number of halogens is 2. The van der Waals surface area contributed by atoms with Crippen molar-refractivity contribution in [3.05, 3.63) is 59.2 Å². The Bertz CT molecular complexity index is 610. The molecule has 0 saturated carbocycles. The number of benzene rings is 2. The van der Waals surface area contributed by atoms with E-state index in [0.29, 0.717) is 11.4 Å². The summed E-state index contributed by atoms with van der Waals surface area (Å²) >= 11 is 0. The highest BCUT2D eigenvalue weighted by Crippen LogP contribution is 2.24. The topological polar surface area (TPSA) is 35.8 Å². The van der Waals surface area contributed by atoms with Crippen molar-refractivity contribution in [3.63, 3.8) is 0 Å². The Kier molecular flexibility index (Phi) is 3.24. The molecule has 0 atom stereocenters. The zero-order chi connectivity index (χ0) is 13.1. The number of para-hydroxylation sites is 1. The van der Waals surface area contributed by atoms with E-state index in [1.165, 1.54) is 24.3 Å². The van der Waals surface area contributed by atoms with Gasteiger partial charge in [0, 0.05) is 5.69 Å². The van der Waals surface area contributed by atoms with E-state index in [1.807, 2.05) is 0 Å². The van der Waals surface area contributed by atoms with Crippen LogP contribution in [0.3, 0.4) is 0 Å². The summed E-state index contributed by atoms with van der Waals surface area (Å²) in [4.78, 5) is 0. The number of anilines is 2. The quantitative estimate of drug-likeness (QED) is 0.869. The van der Waals surface area contributed by atoms with E-state index in [-0.39, 0.29) is 5.56 Å². The van der Waals surface area contributed by atoms with Crippen LogP contribution in [0.5, 0.6) is 0 Å². The summed E-state index contributed by atoms with van der Waals surface area (Å²) in [7, 11) is 0. The Balaban J connectivity index is 2.35. The molecule has 0 aliphatic rings. The summed E-state index contributed by atoms with van der Waals surface area (Å²) < 4.78 is 27.0. The minimum atomic E-state index is -0.628. The molecule has 2 nitrogen and oxygen atoms in total. The van der Waals surface area contributed by atoms with Crippen molar-refractivity contribution >= 4 is 11.4 Å². The fourth-order valence-electron chi connectivity index (χ4n) is 1.62. The number of nitrogens with one attached hydrogen (secondary N) is 1. The van der Waals surface area contributed by atoms with E-state index in [0.717, 1.165) is 5.56 Å². The lowest BCUT2D eigenvalue weighted by Gasteiger charge is -2.10. The third-order valence-corrected chi connectivity index (χ3v) is 2.58. The van der Waals surface area contributed by atoms with E-state index in [2.05, 4.69) is 5.32 Å². The number of aryl methyl sites for hydroxylation is 1. The third kappa shape index (κ3) is 2.30. The van der Waals surface area contributed by atoms with Gasteiger partial charge in [0.15, 0.2) is 0 Å². The average Bonchev–Trinajstić information content (AvgIpc) is 2.34. The second-order valence-corrected chi connectivity index (χ2v) is 3.86. The monoisotopic (exact) mass is 244 g/mol. The maximum absolute atomic E-state index is 13.6. The predicted octanol–water partition coefficient (Wildman–Crippen LogP) is 3.89. The first-order valence-electron chi connectivity index (χ1n) is 5.33. The van der Waals surface area contributed by atoms with Crippen LogP contribution in [0.1, 0.15) is 11.1 Å². The zero-order valence-corrected chi connectivity index (χ0v) is 9.67. The Morgan fingerprint density at radius 1 is 1.11 bits per heavy atom. The number of nitriles is 1. The maximum Gasteiger partial charge on any atom is 0.146 e. The molecule has 0 unspecified atom stereocenters. The van der Waals surface area contributed by atoms with Crippen molar-refractivity contribution in [3.8, 4) is 6.07 Å². The molecule has 1 N–H and O–H groups in total. The summed E-state index contributed by atoms with van der Waals surface area (Å²) in [6.45, 7) is 1.76. The normalized spacial score (nSPS) is 9.89. The molecule has 0 radical (unpaired) electrons. The highest BCUT2D eigenvalue weighted by atomic mass is 19.1. The molecular weight excluding hydrogens is 234 g/mol. The van der Waals surface area contributed by atoms with Crippen LogP contribution in [-0.2, 0) is 0 Å². The van der Waals surface area contributed by atoms with E-state index in [4.69, 9.17) is 5.26 Å². The second-order valence-electron chi connectivity index (χ2n) is 3.86. The molecule has 0 spiro atoms. The first kappa shape index (κ1) is 12.1. The van der Waals surface area contributed by atoms with Gasteiger partial charge in [-0.2, -0.15) is 5.26 Å². The third-order valence-electron chi connectivity index (χ3n) is 2.58. The summed E-state index contributed by atoms with van der Waals surface area (Å²) in [5, 5.41) is 11.4. The van der Waals surface area contributed by atoms with Crippen LogP contribution < -0.4 is 5.32 Å². The molecule has 0 aromatic heterocycles. The van der Waals surface area contributed by atoms with Gasteiger partial charge in [0.05, 0.1) is 11.3 Å². The molecule has 0 aliphatic carbocycles. The smallest absolute Gasteiger partial charge is 0.146 e. The summed E-state index contributed by atoms with van der Waals surface area (Å²) in [6, 6.07) is 10.5. The highest BCUT2D eigenvalue weighted by molar-refractivity contribution is 5.64. The van der Waals surface area contributed by atoms with Gasteiger partial charge in [0.25, 0.3) is 0 Å². The van der Waals surface area contributed by atoms with Gasteiger partial charge >= 0.3 is 0 Å². The van der Waals surface area contributed by atoms with E-state index in [1.54, 1.807) is 25.1 Å². The predicted molar refractivity (Wildman–Crippen MR) is 65.5 cm³/mol. The number of nitrogens with zero attached hydrogens (tertiary/aromatic N) is 1. The molecular formula is C14H10F2N2. The van der Waals surface area contributed by atoms with E-state index in [9.17, 15) is 8.78 Å². The Hall–Kier alpha value is -2.41. The fraction of sp³-hybridized carbons (Fsp3) is 0.0714. The lowest BCUT2D eigenvalue weighted by Crippen LogP contribution is -1.97. The lowest BCUT2D eigenvalue weighted by molar-refractivity contribution is 0.623. The van der Waals surface area contributed by atoms with Crippen molar-refractivity contribution < 1.29 is 8.78 Å². The van der Waals surface area contributed by atoms with Crippen LogP contribution >= 0.6 is 0 Å². The van der Waals surface area contributed by atoms with Crippen molar-refractivity contribution in [2.75, 3.05) is 5.32 Å². The lowest BCUT2D eigenvalue weighted by atomic mass is 10.1. The van der Waals surface area contributed by atoms with Crippen LogP contribution in [0.4, 0.5) is 20.2 Å². The average molecular weight is 244 g/mol. The number of hydrogen-bond donors (Lipinski definition) is 1. The molecule has 2 rings (SSSR count). The number of rotatable bonds is 2. The van der Waals surface area contributed by atoms with Crippen LogP contribution in [-0.4, -0.2) is 0 Å². The van der Waals surface area contributed by atoms with Crippen LogP contribution in [0.2, 0.25) is 0 Å². The Morgan fingerprint density at radius 3 is 2.50 bits per heavy atom. The van der Waals surface area contributed by atoms with Gasteiger partial charge in [-0.25, -0.2) is 8.78 Å². The molecule has 0 heterocycles. The molecule has 4 heteroatoms. The van der Waals surface area contributed by atoms with Gasteiger partial charge in [-0.15, -0.1) is 0 Å². The summed E-state index contributed by atoms with van der Waals surface area (Å²) in [5.41, 5.74) is 1.40. The van der Waals surface area contributed by atoms with Gasteiger partial charge in [-0.1, -0.05) is 12.1 Å². The molecule has 0 saturated heterocycles. The molecule has 2 aromatic rings. The molecule has 0 bridgehead atoms. The van der Waals surface area contributed by atoms with Gasteiger partial charge in [0.1, 0.15) is 17.7 Å². The van der Waals surface area contributed by atoms with Crippen molar-refractivity contribution in [1.29, 1.82) is 5.26 Å². The zero-order valence-electron chi connectivity index (χ0n) is 9.67. The highest BCUT2D eigenvalue weighted by Gasteiger charge is 2.07. The molecule has 0 fully saturated rings. The minimum absolute atomic E-state index is 0.0363. The summed E-state index contributed by atoms with van der Waals surface area (Å²) in [6.07, 6.45) is 0. The summed E-state index contributed by atoms with van der Waals surface area (Å²) in [5.74, 6) is -1.03. The largest absolute Gasteiger partial charge is 0.353 e. The molecule has 0 aliphatic heterocycles.